The van der Waals surface area contributed by atoms with E-state index in [1.54, 1.807) is 0 Å². The third-order valence-corrected chi connectivity index (χ3v) is 4.01. The Morgan fingerprint density at radius 1 is 1.25 bits per heavy atom. The Morgan fingerprint density at radius 3 is 2.85 bits per heavy atom. The highest BCUT2D eigenvalue weighted by molar-refractivity contribution is 5.95. The number of rotatable bonds is 2. The summed E-state index contributed by atoms with van der Waals surface area (Å²) in [7, 11) is 0. The van der Waals surface area contributed by atoms with E-state index in [0.29, 0.717) is 13.0 Å². The smallest absolute Gasteiger partial charge is 0.310 e. The number of carbonyl (C=O) groups excluding carboxylic acids is 2. The maximum absolute atomic E-state index is 12.4. The molecule has 0 radical (unpaired) electrons. The number of carbonyl (C=O) groups is 2. The molecule has 1 heterocycles. The molecule has 0 bridgehead atoms. The number of ether oxygens (including phenoxy) is 1. The van der Waals surface area contributed by atoms with E-state index < -0.39 is 0 Å². The lowest BCUT2D eigenvalue weighted by Crippen LogP contribution is -2.43. The Bertz CT molecular complexity index is 538. The molecule has 1 aromatic carbocycles. The maximum Gasteiger partial charge on any atom is 0.310 e. The minimum absolute atomic E-state index is 0.102. The van der Waals surface area contributed by atoms with Crippen molar-refractivity contribution in [1.82, 2.24) is 0 Å². The molecule has 2 unspecified atom stereocenters. The van der Waals surface area contributed by atoms with Crippen molar-refractivity contribution in [2.75, 3.05) is 11.9 Å². The van der Waals surface area contributed by atoms with E-state index >= 15 is 0 Å². The molecular formula is C16H17NO3. The average Bonchev–Trinajstić information content (AvgIpc) is 2.48. The minimum atomic E-state index is -0.336. The molecule has 1 N–H and O–H groups in total. The van der Waals surface area contributed by atoms with E-state index in [9.17, 15) is 9.59 Å². The lowest BCUT2D eigenvalue weighted by Gasteiger charge is -2.35. The lowest BCUT2D eigenvalue weighted by molar-refractivity contribution is -0.160. The first-order chi connectivity index (χ1) is 9.75. The van der Waals surface area contributed by atoms with Crippen molar-refractivity contribution in [1.29, 1.82) is 0 Å². The molecule has 1 aliphatic heterocycles. The summed E-state index contributed by atoms with van der Waals surface area (Å²) < 4.78 is 5.13. The van der Waals surface area contributed by atoms with Crippen molar-refractivity contribution in [3.05, 3.63) is 42.5 Å². The number of esters is 1. The van der Waals surface area contributed by atoms with Crippen LogP contribution in [0.5, 0.6) is 0 Å². The molecule has 0 aromatic heterocycles. The number of para-hydroxylation sites is 1. The second-order valence-electron chi connectivity index (χ2n) is 5.27. The van der Waals surface area contributed by atoms with Gasteiger partial charge in [-0.15, -0.1) is 0 Å². The Morgan fingerprint density at radius 2 is 2.05 bits per heavy atom. The Labute approximate surface area is 117 Å². The van der Waals surface area contributed by atoms with Crippen molar-refractivity contribution >= 4 is 17.6 Å². The minimum Gasteiger partial charge on any atom is -0.465 e. The van der Waals surface area contributed by atoms with Gasteiger partial charge in [-0.2, -0.15) is 0 Å². The van der Waals surface area contributed by atoms with Gasteiger partial charge >= 0.3 is 5.97 Å². The van der Waals surface area contributed by atoms with Gasteiger partial charge in [-0.3, -0.25) is 9.59 Å². The van der Waals surface area contributed by atoms with E-state index in [0.717, 1.165) is 12.1 Å². The van der Waals surface area contributed by atoms with Gasteiger partial charge in [-0.25, -0.2) is 0 Å². The molecular weight excluding hydrogens is 254 g/mol. The fourth-order valence-corrected chi connectivity index (χ4v) is 3.00. The summed E-state index contributed by atoms with van der Waals surface area (Å²) >= 11 is 0. The van der Waals surface area contributed by atoms with Crippen LogP contribution in [-0.2, 0) is 14.3 Å². The zero-order valence-electron chi connectivity index (χ0n) is 11.1. The van der Waals surface area contributed by atoms with Crippen LogP contribution in [-0.4, -0.2) is 18.5 Å². The quantitative estimate of drug-likeness (QED) is 0.663. The van der Waals surface area contributed by atoms with Gasteiger partial charge < -0.3 is 10.1 Å². The van der Waals surface area contributed by atoms with Crippen molar-refractivity contribution in [2.45, 2.75) is 12.8 Å². The third kappa shape index (κ3) is 2.46. The molecule has 20 heavy (non-hydrogen) atoms. The highest BCUT2D eigenvalue weighted by Crippen LogP contribution is 2.36. The fourth-order valence-electron chi connectivity index (χ4n) is 3.00. The van der Waals surface area contributed by atoms with Crippen LogP contribution in [0.15, 0.2) is 42.5 Å². The van der Waals surface area contributed by atoms with E-state index in [4.69, 9.17) is 4.74 Å². The largest absolute Gasteiger partial charge is 0.465 e. The molecule has 4 nitrogen and oxygen atoms in total. The van der Waals surface area contributed by atoms with Crippen LogP contribution in [0.2, 0.25) is 0 Å². The molecule has 0 spiro atoms. The zero-order chi connectivity index (χ0) is 13.9. The summed E-state index contributed by atoms with van der Waals surface area (Å²) in [5.41, 5.74) is 0.757. The Kier molecular flexibility index (Phi) is 3.54. The third-order valence-electron chi connectivity index (χ3n) is 4.01. The molecule has 3 rings (SSSR count). The summed E-state index contributed by atoms with van der Waals surface area (Å²) in [6.07, 6.45) is 5.46. The van der Waals surface area contributed by atoms with Gasteiger partial charge in [-0.1, -0.05) is 30.4 Å². The van der Waals surface area contributed by atoms with E-state index in [-0.39, 0.29) is 29.6 Å². The first kappa shape index (κ1) is 12.9. The van der Waals surface area contributed by atoms with Crippen molar-refractivity contribution in [3.63, 3.8) is 0 Å². The van der Waals surface area contributed by atoms with Gasteiger partial charge in [0.15, 0.2) is 0 Å². The SMILES string of the molecule is O=C1OCCC2C=CC[C@@H](C(=O)Nc3ccccc3)C12. The topological polar surface area (TPSA) is 55.4 Å². The van der Waals surface area contributed by atoms with Gasteiger partial charge in [0, 0.05) is 5.69 Å². The first-order valence-electron chi connectivity index (χ1n) is 6.95. The standard InChI is InChI=1S/C16H17NO3/c18-15(17-12-6-2-1-3-7-12)13-8-4-5-11-9-10-20-16(19)14(11)13/h1-7,11,13-14H,8-10H2,(H,17,18)/t11?,13-,14?/m1/s1. The first-order valence-corrected chi connectivity index (χ1v) is 6.95. The van der Waals surface area contributed by atoms with Gasteiger partial charge in [-0.05, 0) is 30.9 Å². The van der Waals surface area contributed by atoms with Gasteiger partial charge in [0.05, 0.1) is 18.4 Å². The summed E-state index contributed by atoms with van der Waals surface area (Å²) in [6.45, 7) is 0.456. The summed E-state index contributed by atoms with van der Waals surface area (Å²) in [5, 5.41) is 2.88. The van der Waals surface area contributed by atoms with E-state index in [2.05, 4.69) is 11.4 Å². The monoisotopic (exact) mass is 271 g/mol. The summed E-state index contributed by atoms with van der Waals surface area (Å²) in [6, 6.07) is 9.32. The van der Waals surface area contributed by atoms with Crippen LogP contribution >= 0.6 is 0 Å². The number of amides is 1. The number of benzene rings is 1. The molecule has 1 saturated heterocycles. The number of anilines is 1. The molecule has 3 atom stereocenters. The predicted octanol–water partition coefficient (Wildman–Crippen LogP) is 2.38. The second kappa shape index (κ2) is 5.49. The molecule has 1 fully saturated rings. The maximum atomic E-state index is 12.4. The number of hydrogen-bond donors (Lipinski definition) is 1. The predicted molar refractivity (Wildman–Crippen MR) is 74.9 cm³/mol. The van der Waals surface area contributed by atoms with Crippen LogP contribution in [0.1, 0.15) is 12.8 Å². The van der Waals surface area contributed by atoms with Gasteiger partial charge in [0.25, 0.3) is 0 Å². The highest BCUT2D eigenvalue weighted by atomic mass is 16.5. The number of hydrogen-bond acceptors (Lipinski definition) is 3. The zero-order valence-corrected chi connectivity index (χ0v) is 11.1. The second-order valence-corrected chi connectivity index (χ2v) is 5.27. The highest BCUT2D eigenvalue weighted by Gasteiger charge is 2.43. The van der Waals surface area contributed by atoms with Crippen LogP contribution in [0.4, 0.5) is 5.69 Å². The molecule has 4 heteroatoms. The summed E-state index contributed by atoms with van der Waals surface area (Å²) in [5.74, 6) is -0.875. The average molecular weight is 271 g/mol. The van der Waals surface area contributed by atoms with Gasteiger partial charge in [0.1, 0.15) is 0 Å². The molecule has 1 aromatic rings. The van der Waals surface area contributed by atoms with Crippen LogP contribution in [0.3, 0.4) is 0 Å². The number of fused-ring (bicyclic) bond motifs is 1. The molecule has 2 aliphatic rings. The fraction of sp³-hybridized carbons (Fsp3) is 0.375. The van der Waals surface area contributed by atoms with Gasteiger partial charge in [0.2, 0.25) is 5.91 Å². The number of nitrogens with one attached hydrogen (secondary N) is 1. The number of allylic oxidation sites excluding steroid dienone is 2. The van der Waals surface area contributed by atoms with Crippen LogP contribution in [0, 0.1) is 17.8 Å². The van der Waals surface area contributed by atoms with E-state index in [1.807, 2.05) is 36.4 Å². The normalized spacial score (nSPS) is 28.4. The molecule has 104 valence electrons. The van der Waals surface area contributed by atoms with Crippen LogP contribution in [0.25, 0.3) is 0 Å². The molecule has 1 aliphatic carbocycles. The van der Waals surface area contributed by atoms with Crippen molar-refractivity contribution < 1.29 is 14.3 Å². The lowest BCUT2D eigenvalue weighted by atomic mass is 9.73. The van der Waals surface area contributed by atoms with Crippen molar-refractivity contribution in [3.8, 4) is 0 Å². The van der Waals surface area contributed by atoms with Crippen molar-refractivity contribution in [2.24, 2.45) is 17.8 Å². The molecule has 0 saturated carbocycles. The Hall–Kier alpha value is -2.10. The molecule has 1 amide bonds. The van der Waals surface area contributed by atoms with Crippen LogP contribution < -0.4 is 5.32 Å². The number of cyclic esters (lactones) is 1. The Balaban J connectivity index is 1.77. The summed E-state index contributed by atoms with van der Waals surface area (Å²) in [4.78, 5) is 24.4. The van der Waals surface area contributed by atoms with E-state index in [1.165, 1.54) is 0 Å².